The summed E-state index contributed by atoms with van der Waals surface area (Å²) >= 11 is 0. The first-order chi connectivity index (χ1) is 11.7. The second-order valence-corrected chi connectivity index (χ2v) is 6.03. The van der Waals surface area contributed by atoms with Crippen molar-refractivity contribution in [2.24, 2.45) is 0 Å². The highest BCUT2D eigenvalue weighted by molar-refractivity contribution is 5.94. The lowest BCUT2D eigenvalue weighted by Crippen LogP contribution is -2.31. The molecule has 0 radical (unpaired) electrons. The molecule has 6 nitrogen and oxygen atoms in total. The summed E-state index contributed by atoms with van der Waals surface area (Å²) in [5, 5.41) is 8.81. The molecule has 2 rings (SSSR count). The van der Waals surface area contributed by atoms with Gasteiger partial charge in [0.05, 0.1) is 6.10 Å². The minimum absolute atomic E-state index is 0.0264. The van der Waals surface area contributed by atoms with Crippen molar-refractivity contribution in [3.05, 3.63) is 35.4 Å². The summed E-state index contributed by atoms with van der Waals surface area (Å²) in [6.07, 6.45) is 3.51. The lowest BCUT2D eigenvalue weighted by atomic mass is 10.1. The molecule has 0 spiro atoms. The zero-order valence-electron chi connectivity index (χ0n) is 14.3. The summed E-state index contributed by atoms with van der Waals surface area (Å²) in [4.78, 5) is 23.9. The van der Waals surface area contributed by atoms with Crippen LogP contribution in [0.1, 0.15) is 41.6 Å². The van der Waals surface area contributed by atoms with E-state index in [2.05, 4.69) is 16.0 Å². The second kappa shape index (κ2) is 10.1. The van der Waals surface area contributed by atoms with Crippen molar-refractivity contribution >= 4 is 11.8 Å². The molecule has 1 unspecified atom stereocenters. The molecule has 1 aromatic carbocycles. The molecule has 6 heteroatoms. The zero-order valence-corrected chi connectivity index (χ0v) is 14.3. The maximum Gasteiger partial charge on any atom is 0.251 e. The fourth-order valence-corrected chi connectivity index (χ4v) is 2.65. The van der Waals surface area contributed by atoms with Crippen LogP contribution in [-0.2, 0) is 16.1 Å². The molecule has 1 aliphatic heterocycles. The molecule has 1 aliphatic rings. The highest BCUT2D eigenvalue weighted by Crippen LogP contribution is 2.11. The Balaban J connectivity index is 1.77. The van der Waals surface area contributed by atoms with Gasteiger partial charge < -0.3 is 20.7 Å². The van der Waals surface area contributed by atoms with Gasteiger partial charge in [-0.15, -0.1) is 0 Å². The van der Waals surface area contributed by atoms with Gasteiger partial charge in [0.15, 0.2) is 0 Å². The number of hydrogen-bond donors (Lipinski definition) is 3. The number of rotatable bonds is 9. The van der Waals surface area contributed by atoms with Crippen molar-refractivity contribution in [3.8, 4) is 0 Å². The van der Waals surface area contributed by atoms with Crippen LogP contribution in [0.25, 0.3) is 0 Å². The molecule has 1 atom stereocenters. The molecule has 132 valence electrons. The van der Waals surface area contributed by atoms with E-state index in [-0.39, 0.29) is 17.9 Å². The Kier molecular flexibility index (Phi) is 7.71. The van der Waals surface area contributed by atoms with Gasteiger partial charge in [-0.2, -0.15) is 0 Å². The summed E-state index contributed by atoms with van der Waals surface area (Å²) < 4.78 is 5.50. The number of nitrogens with one attached hydrogen (secondary N) is 3. The van der Waals surface area contributed by atoms with Crippen LogP contribution in [0.15, 0.2) is 24.3 Å². The van der Waals surface area contributed by atoms with Gasteiger partial charge in [-0.25, -0.2) is 0 Å². The minimum Gasteiger partial charge on any atom is -0.376 e. The van der Waals surface area contributed by atoms with Crippen LogP contribution in [0.4, 0.5) is 0 Å². The van der Waals surface area contributed by atoms with Crippen molar-refractivity contribution < 1.29 is 14.3 Å². The number of carbonyl (C=O) groups is 2. The van der Waals surface area contributed by atoms with Gasteiger partial charge in [0.2, 0.25) is 5.91 Å². The van der Waals surface area contributed by atoms with Crippen molar-refractivity contribution in [2.75, 3.05) is 26.7 Å². The molecular formula is C18H27N3O3. The smallest absolute Gasteiger partial charge is 0.251 e. The van der Waals surface area contributed by atoms with E-state index in [4.69, 9.17) is 4.74 Å². The molecule has 24 heavy (non-hydrogen) atoms. The second-order valence-electron chi connectivity index (χ2n) is 6.03. The molecule has 1 saturated heterocycles. The monoisotopic (exact) mass is 333 g/mol. The predicted octanol–water partition coefficient (Wildman–Crippen LogP) is 1.21. The Labute approximate surface area is 143 Å². The van der Waals surface area contributed by atoms with Gasteiger partial charge in [-0.3, -0.25) is 9.59 Å². The number of benzene rings is 1. The largest absolute Gasteiger partial charge is 0.376 e. The highest BCUT2D eigenvalue weighted by atomic mass is 16.5. The SMILES string of the molecule is CNCCCC(=O)NCc1cccc(C(=O)NCC2CCCO2)c1. The van der Waals surface area contributed by atoms with Crippen molar-refractivity contribution in [1.29, 1.82) is 0 Å². The average Bonchev–Trinajstić information content (AvgIpc) is 3.12. The van der Waals surface area contributed by atoms with Crippen LogP contribution >= 0.6 is 0 Å². The molecule has 3 N–H and O–H groups in total. The lowest BCUT2D eigenvalue weighted by molar-refractivity contribution is -0.121. The van der Waals surface area contributed by atoms with Gasteiger partial charge in [-0.05, 0) is 50.6 Å². The zero-order chi connectivity index (χ0) is 17.2. The summed E-state index contributed by atoms with van der Waals surface area (Å²) in [5.41, 5.74) is 1.52. The Morgan fingerprint density at radius 3 is 2.92 bits per heavy atom. The van der Waals surface area contributed by atoms with Gasteiger partial charge in [0, 0.05) is 31.7 Å². The Hall–Kier alpha value is -1.92. The number of hydrogen-bond acceptors (Lipinski definition) is 4. The Morgan fingerprint density at radius 1 is 1.29 bits per heavy atom. The van der Waals surface area contributed by atoms with E-state index < -0.39 is 0 Å². The number of amides is 2. The maximum atomic E-state index is 12.2. The summed E-state index contributed by atoms with van der Waals surface area (Å²) in [6.45, 7) is 2.59. The topological polar surface area (TPSA) is 79.5 Å². The molecule has 0 aliphatic carbocycles. The van der Waals surface area contributed by atoms with Gasteiger partial charge >= 0.3 is 0 Å². The van der Waals surface area contributed by atoms with Crippen LogP contribution in [-0.4, -0.2) is 44.7 Å². The molecule has 0 bridgehead atoms. The molecule has 0 aromatic heterocycles. The lowest BCUT2D eigenvalue weighted by Gasteiger charge is -2.11. The fraction of sp³-hybridized carbons (Fsp3) is 0.556. The fourth-order valence-electron chi connectivity index (χ4n) is 2.65. The van der Waals surface area contributed by atoms with E-state index in [1.165, 1.54) is 0 Å². The quantitative estimate of drug-likeness (QED) is 0.594. The van der Waals surface area contributed by atoms with E-state index in [9.17, 15) is 9.59 Å². The van der Waals surface area contributed by atoms with Crippen molar-refractivity contribution in [2.45, 2.75) is 38.3 Å². The standard InChI is InChI=1S/C18H27N3O3/c1-19-9-3-8-17(22)20-12-14-5-2-6-15(11-14)18(23)21-13-16-7-4-10-24-16/h2,5-6,11,16,19H,3-4,7-10,12-13H2,1H3,(H,20,22)(H,21,23). The molecule has 0 saturated carbocycles. The van der Waals surface area contributed by atoms with Crippen LogP contribution in [0, 0.1) is 0 Å². The van der Waals surface area contributed by atoms with Crippen LogP contribution in [0.3, 0.4) is 0 Å². The van der Waals surface area contributed by atoms with Gasteiger partial charge in [-0.1, -0.05) is 12.1 Å². The van der Waals surface area contributed by atoms with Crippen LogP contribution in [0.2, 0.25) is 0 Å². The summed E-state index contributed by atoms with van der Waals surface area (Å²) in [6, 6.07) is 7.34. The predicted molar refractivity (Wildman–Crippen MR) is 92.8 cm³/mol. The van der Waals surface area contributed by atoms with Crippen LogP contribution in [0.5, 0.6) is 0 Å². The molecule has 2 amide bonds. The first-order valence-electron chi connectivity index (χ1n) is 8.59. The van der Waals surface area contributed by atoms with E-state index in [0.717, 1.165) is 38.0 Å². The highest BCUT2D eigenvalue weighted by Gasteiger charge is 2.16. The van der Waals surface area contributed by atoms with E-state index in [1.54, 1.807) is 6.07 Å². The third-order valence-electron chi connectivity index (χ3n) is 4.02. The number of carbonyl (C=O) groups excluding carboxylic acids is 2. The minimum atomic E-state index is -0.104. The maximum absolute atomic E-state index is 12.2. The summed E-state index contributed by atoms with van der Waals surface area (Å²) in [5.74, 6) is -0.0776. The molecule has 1 heterocycles. The van der Waals surface area contributed by atoms with Crippen molar-refractivity contribution in [3.63, 3.8) is 0 Å². The van der Waals surface area contributed by atoms with E-state index in [0.29, 0.717) is 25.1 Å². The van der Waals surface area contributed by atoms with Gasteiger partial charge in [0.25, 0.3) is 5.91 Å². The average molecular weight is 333 g/mol. The van der Waals surface area contributed by atoms with E-state index in [1.807, 2.05) is 25.2 Å². The Bertz CT molecular complexity index is 542. The third kappa shape index (κ3) is 6.29. The van der Waals surface area contributed by atoms with Gasteiger partial charge in [0.1, 0.15) is 0 Å². The number of ether oxygens (including phenoxy) is 1. The third-order valence-corrected chi connectivity index (χ3v) is 4.02. The normalized spacial score (nSPS) is 16.8. The van der Waals surface area contributed by atoms with Crippen LogP contribution < -0.4 is 16.0 Å². The first-order valence-corrected chi connectivity index (χ1v) is 8.59. The molecular weight excluding hydrogens is 306 g/mol. The van der Waals surface area contributed by atoms with E-state index >= 15 is 0 Å². The first kappa shape index (κ1) is 18.4. The molecule has 1 fully saturated rings. The van der Waals surface area contributed by atoms with Crippen molar-refractivity contribution in [1.82, 2.24) is 16.0 Å². The summed E-state index contributed by atoms with van der Waals surface area (Å²) in [7, 11) is 1.87. The Morgan fingerprint density at radius 2 is 2.17 bits per heavy atom. The molecule has 1 aromatic rings.